The highest BCUT2D eigenvalue weighted by atomic mass is 16.5. The first-order valence-corrected chi connectivity index (χ1v) is 4.01. The summed E-state index contributed by atoms with van der Waals surface area (Å²) in [5.41, 5.74) is 1.06. The summed E-state index contributed by atoms with van der Waals surface area (Å²) in [6, 6.07) is 0. The van der Waals surface area contributed by atoms with Gasteiger partial charge in [0.05, 0.1) is 12.5 Å². The molecule has 1 atom stereocenters. The topological polar surface area (TPSA) is 26.3 Å². The van der Waals surface area contributed by atoms with Crippen molar-refractivity contribution >= 4 is 5.97 Å². The van der Waals surface area contributed by atoms with Crippen LogP contribution in [0.4, 0.5) is 0 Å². The highest BCUT2D eigenvalue weighted by Crippen LogP contribution is 2.21. The molecule has 11 heavy (non-hydrogen) atoms. The van der Waals surface area contributed by atoms with E-state index in [2.05, 4.69) is 6.58 Å². The molecule has 0 saturated carbocycles. The Morgan fingerprint density at radius 2 is 2.55 bits per heavy atom. The molecule has 62 valence electrons. The maximum Gasteiger partial charge on any atom is 0.309 e. The SMILES string of the molecule is C=C(C)CC1CCCOC1=O. The van der Waals surface area contributed by atoms with E-state index >= 15 is 0 Å². The van der Waals surface area contributed by atoms with Crippen molar-refractivity contribution in [3.63, 3.8) is 0 Å². The fourth-order valence-electron chi connectivity index (χ4n) is 1.34. The zero-order valence-electron chi connectivity index (χ0n) is 6.93. The minimum Gasteiger partial charge on any atom is -0.465 e. The van der Waals surface area contributed by atoms with Crippen LogP contribution in [0.5, 0.6) is 0 Å². The van der Waals surface area contributed by atoms with E-state index in [1.807, 2.05) is 6.92 Å². The van der Waals surface area contributed by atoms with E-state index in [1.54, 1.807) is 0 Å². The van der Waals surface area contributed by atoms with Crippen molar-refractivity contribution in [1.29, 1.82) is 0 Å². The summed E-state index contributed by atoms with van der Waals surface area (Å²) in [4.78, 5) is 11.1. The van der Waals surface area contributed by atoms with E-state index in [4.69, 9.17) is 4.74 Å². The molecule has 1 saturated heterocycles. The lowest BCUT2D eigenvalue weighted by molar-refractivity contribution is -0.152. The largest absolute Gasteiger partial charge is 0.465 e. The Kier molecular flexibility index (Phi) is 2.69. The number of esters is 1. The Labute approximate surface area is 67.2 Å². The number of hydrogen-bond acceptors (Lipinski definition) is 2. The van der Waals surface area contributed by atoms with E-state index in [0.29, 0.717) is 6.61 Å². The van der Waals surface area contributed by atoms with Crippen LogP contribution in [0.2, 0.25) is 0 Å². The van der Waals surface area contributed by atoms with Crippen LogP contribution in [0.15, 0.2) is 12.2 Å². The van der Waals surface area contributed by atoms with Crippen LogP contribution in [-0.2, 0) is 9.53 Å². The summed E-state index contributed by atoms with van der Waals surface area (Å²) >= 11 is 0. The number of rotatable bonds is 2. The van der Waals surface area contributed by atoms with Crippen LogP contribution in [0.25, 0.3) is 0 Å². The molecule has 0 bridgehead atoms. The fraction of sp³-hybridized carbons (Fsp3) is 0.667. The first-order valence-electron chi connectivity index (χ1n) is 4.01. The normalized spacial score (nSPS) is 24.5. The van der Waals surface area contributed by atoms with Gasteiger partial charge in [0.2, 0.25) is 0 Å². The van der Waals surface area contributed by atoms with Crippen molar-refractivity contribution in [3.05, 3.63) is 12.2 Å². The van der Waals surface area contributed by atoms with Gasteiger partial charge < -0.3 is 4.74 Å². The van der Waals surface area contributed by atoms with Crippen molar-refractivity contribution in [2.45, 2.75) is 26.2 Å². The van der Waals surface area contributed by atoms with Crippen molar-refractivity contribution in [2.24, 2.45) is 5.92 Å². The maximum atomic E-state index is 11.1. The molecular weight excluding hydrogens is 140 g/mol. The van der Waals surface area contributed by atoms with Crippen molar-refractivity contribution < 1.29 is 9.53 Å². The molecule has 1 aliphatic heterocycles. The van der Waals surface area contributed by atoms with Gasteiger partial charge in [0.25, 0.3) is 0 Å². The molecule has 0 aliphatic carbocycles. The summed E-state index contributed by atoms with van der Waals surface area (Å²) < 4.78 is 4.91. The van der Waals surface area contributed by atoms with E-state index in [9.17, 15) is 4.79 Å². The smallest absolute Gasteiger partial charge is 0.309 e. The number of carbonyl (C=O) groups is 1. The first kappa shape index (κ1) is 8.31. The Morgan fingerprint density at radius 1 is 1.82 bits per heavy atom. The number of ether oxygens (including phenoxy) is 1. The Hall–Kier alpha value is -0.790. The Morgan fingerprint density at radius 3 is 3.09 bits per heavy atom. The minimum atomic E-state index is -0.0424. The van der Waals surface area contributed by atoms with Gasteiger partial charge in [0.1, 0.15) is 0 Å². The van der Waals surface area contributed by atoms with Crippen LogP contribution in [0.3, 0.4) is 0 Å². The number of allylic oxidation sites excluding steroid dienone is 1. The molecule has 1 aliphatic rings. The maximum absolute atomic E-state index is 11.1. The molecule has 0 aromatic heterocycles. The average molecular weight is 154 g/mol. The Balaban J connectivity index is 2.42. The van der Waals surface area contributed by atoms with Gasteiger partial charge in [0.15, 0.2) is 0 Å². The van der Waals surface area contributed by atoms with Crippen molar-refractivity contribution in [1.82, 2.24) is 0 Å². The third-order valence-electron chi connectivity index (χ3n) is 1.87. The van der Waals surface area contributed by atoms with Gasteiger partial charge in [-0.15, -0.1) is 6.58 Å². The molecule has 2 nitrogen and oxygen atoms in total. The van der Waals surface area contributed by atoms with Crippen LogP contribution in [0, 0.1) is 5.92 Å². The quantitative estimate of drug-likeness (QED) is 0.448. The summed E-state index contributed by atoms with van der Waals surface area (Å²) in [6.45, 7) is 6.32. The fourth-order valence-corrected chi connectivity index (χ4v) is 1.34. The summed E-state index contributed by atoms with van der Waals surface area (Å²) in [6.07, 6.45) is 2.76. The molecule has 1 rings (SSSR count). The molecule has 0 amide bonds. The third kappa shape index (κ3) is 2.37. The van der Waals surface area contributed by atoms with Crippen LogP contribution in [0.1, 0.15) is 26.2 Å². The predicted molar refractivity (Wildman–Crippen MR) is 43.1 cm³/mol. The average Bonchev–Trinajstić information content (AvgIpc) is 1.93. The summed E-state index contributed by atoms with van der Waals surface area (Å²) in [5, 5.41) is 0. The van der Waals surface area contributed by atoms with Crippen LogP contribution < -0.4 is 0 Å². The van der Waals surface area contributed by atoms with E-state index < -0.39 is 0 Å². The van der Waals surface area contributed by atoms with E-state index in [0.717, 1.165) is 24.8 Å². The van der Waals surface area contributed by atoms with Gasteiger partial charge >= 0.3 is 5.97 Å². The van der Waals surface area contributed by atoms with Gasteiger partial charge in [-0.2, -0.15) is 0 Å². The number of hydrogen-bond donors (Lipinski definition) is 0. The summed E-state index contributed by atoms with van der Waals surface area (Å²) in [5.74, 6) is 0.0421. The van der Waals surface area contributed by atoms with E-state index in [-0.39, 0.29) is 11.9 Å². The molecule has 0 spiro atoms. The Bertz CT molecular complexity index is 172. The molecule has 0 N–H and O–H groups in total. The van der Waals surface area contributed by atoms with Gasteiger partial charge in [-0.05, 0) is 26.2 Å². The molecule has 0 aromatic rings. The standard InChI is InChI=1S/C9H14O2/c1-7(2)6-8-4-3-5-11-9(8)10/h8H,1,3-6H2,2H3. The molecule has 2 heteroatoms. The molecule has 0 aromatic carbocycles. The van der Waals surface area contributed by atoms with Crippen LogP contribution >= 0.6 is 0 Å². The van der Waals surface area contributed by atoms with E-state index in [1.165, 1.54) is 0 Å². The molecule has 1 unspecified atom stereocenters. The zero-order valence-corrected chi connectivity index (χ0v) is 6.93. The lowest BCUT2D eigenvalue weighted by Gasteiger charge is -2.20. The monoisotopic (exact) mass is 154 g/mol. The summed E-state index contributed by atoms with van der Waals surface area (Å²) in [7, 11) is 0. The second-order valence-corrected chi connectivity index (χ2v) is 3.17. The predicted octanol–water partition coefficient (Wildman–Crippen LogP) is 1.91. The van der Waals surface area contributed by atoms with Gasteiger partial charge in [0, 0.05) is 0 Å². The zero-order chi connectivity index (χ0) is 8.27. The van der Waals surface area contributed by atoms with Crippen molar-refractivity contribution in [2.75, 3.05) is 6.61 Å². The third-order valence-corrected chi connectivity index (χ3v) is 1.87. The second kappa shape index (κ2) is 3.56. The van der Waals surface area contributed by atoms with Gasteiger partial charge in [-0.3, -0.25) is 4.79 Å². The second-order valence-electron chi connectivity index (χ2n) is 3.17. The van der Waals surface area contributed by atoms with Crippen LogP contribution in [-0.4, -0.2) is 12.6 Å². The highest BCUT2D eigenvalue weighted by molar-refractivity contribution is 5.73. The highest BCUT2D eigenvalue weighted by Gasteiger charge is 2.23. The van der Waals surface area contributed by atoms with Gasteiger partial charge in [-0.1, -0.05) is 5.57 Å². The first-order chi connectivity index (χ1) is 5.20. The number of carbonyl (C=O) groups excluding carboxylic acids is 1. The molecule has 0 radical (unpaired) electrons. The minimum absolute atomic E-state index is 0.0424. The molecule has 1 heterocycles. The lowest BCUT2D eigenvalue weighted by atomic mass is 9.95. The van der Waals surface area contributed by atoms with Crippen molar-refractivity contribution in [3.8, 4) is 0 Å². The molecule has 1 fully saturated rings. The van der Waals surface area contributed by atoms with Gasteiger partial charge in [-0.25, -0.2) is 0 Å². The number of cyclic esters (lactones) is 1. The molecular formula is C9H14O2. The lowest BCUT2D eigenvalue weighted by Crippen LogP contribution is -2.24.